The van der Waals surface area contributed by atoms with Crippen molar-refractivity contribution in [3.05, 3.63) is 35.9 Å². The lowest BCUT2D eigenvalue weighted by Crippen LogP contribution is -2.15. The van der Waals surface area contributed by atoms with Crippen LogP contribution in [0.5, 0.6) is 23.0 Å². The second-order valence-electron chi connectivity index (χ2n) is 5.96. The van der Waals surface area contributed by atoms with Crippen LogP contribution < -0.4 is 24.3 Å². The standard InChI is InChI=1S/C20H20N2O5S/c1-3-24-14-6-5-12(9-15(14)25-4-2)19(23)22-20-21-13-10-16-17(11-18(13)28-20)27-8-7-26-16/h5-6,9-11H,3-4,7-8H2,1-2H3,(H,21,22,23). The Balaban J connectivity index is 1.57. The SMILES string of the molecule is CCOc1ccc(C(=O)Nc2nc3cc4c(cc3s2)OCCO4)cc1OCC. The molecule has 0 aliphatic carbocycles. The predicted molar refractivity (Wildman–Crippen MR) is 107 cm³/mol. The van der Waals surface area contributed by atoms with E-state index in [0.717, 1.165) is 10.2 Å². The van der Waals surface area contributed by atoms with Gasteiger partial charge in [0.15, 0.2) is 28.1 Å². The summed E-state index contributed by atoms with van der Waals surface area (Å²) in [6.07, 6.45) is 0. The van der Waals surface area contributed by atoms with E-state index in [4.69, 9.17) is 18.9 Å². The van der Waals surface area contributed by atoms with Gasteiger partial charge in [-0.15, -0.1) is 0 Å². The Hall–Kier alpha value is -3.00. The molecule has 7 nitrogen and oxygen atoms in total. The minimum Gasteiger partial charge on any atom is -0.490 e. The molecule has 1 N–H and O–H groups in total. The number of hydrogen-bond donors (Lipinski definition) is 1. The molecule has 146 valence electrons. The van der Waals surface area contributed by atoms with Crippen LogP contribution in [-0.2, 0) is 0 Å². The lowest BCUT2D eigenvalue weighted by molar-refractivity contribution is 0.102. The number of anilines is 1. The van der Waals surface area contributed by atoms with Gasteiger partial charge >= 0.3 is 0 Å². The number of hydrogen-bond acceptors (Lipinski definition) is 7. The van der Waals surface area contributed by atoms with Gasteiger partial charge < -0.3 is 18.9 Å². The number of carbonyl (C=O) groups is 1. The molecule has 2 heterocycles. The van der Waals surface area contributed by atoms with E-state index in [-0.39, 0.29) is 5.91 Å². The van der Waals surface area contributed by atoms with E-state index in [2.05, 4.69) is 10.3 Å². The van der Waals surface area contributed by atoms with Crippen LogP contribution in [0.3, 0.4) is 0 Å². The summed E-state index contributed by atoms with van der Waals surface area (Å²) < 4.78 is 23.2. The van der Waals surface area contributed by atoms with Crippen LogP contribution in [0.2, 0.25) is 0 Å². The molecule has 8 heteroatoms. The molecule has 3 aromatic rings. The Kier molecular flexibility index (Phi) is 5.21. The molecule has 0 spiro atoms. The number of nitrogens with zero attached hydrogens (tertiary/aromatic N) is 1. The molecule has 1 aliphatic heterocycles. The first-order valence-electron chi connectivity index (χ1n) is 9.09. The number of nitrogens with one attached hydrogen (secondary N) is 1. The maximum Gasteiger partial charge on any atom is 0.257 e. The molecule has 0 atom stereocenters. The minimum atomic E-state index is -0.264. The fourth-order valence-electron chi connectivity index (χ4n) is 2.88. The number of ether oxygens (including phenoxy) is 4. The number of aromatic nitrogens is 1. The molecular formula is C20H20N2O5S. The molecule has 4 rings (SSSR count). The van der Waals surface area contributed by atoms with Crippen molar-refractivity contribution >= 4 is 32.6 Å². The molecular weight excluding hydrogens is 380 g/mol. The number of carbonyl (C=O) groups excluding carboxylic acids is 1. The third-order valence-corrected chi connectivity index (χ3v) is 5.01. The van der Waals surface area contributed by atoms with Crippen LogP contribution in [0.4, 0.5) is 5.13 Å². The fraction of sp³-hybridized carbons (Fsp3) is 0.300. The molecule has 1 aliphatic rings. The second-order valence-corrected chi connectivity index (χ2v) is 6.99. The number of amides is 1. The molecule has 1 amide bonds. The van der Waals surface area contributed by atoms with E-state index in [9.17, 15) is 4.79 Å². The van der Waals surface area contributed by atoms with Gasteiger partial charge in [-0.3, -0.25) is 10.1 Å². The summed E-state index contributed by atoms with van der Waals surface area (Å²) in [6, 6.07) is 8.85. The molecule has 1 aromatic heterocycles. The highest BCUT2D eigenvalue weighted by Crippen LogP contribution is 2.38. The molecule has 0 radical (unpaired) electrons. The minimum absolute atomic E-state index is 0.264. The fourth-order valence-corrected chi connectivity index (χ4v) is 3.75. The van der Waals surface area contributed by atoms with Gasteiger partial charge in [0.25, 0.3) is 5.91 Å². The van der Waals surface area contributed by atoms with Gasteiger partial charge in [0.2, 0.25) is 0 Å². The second kappa shape index (κ2) is 7.93. The Morgan fingerprint density at radius 3 is 2.54 bits per heavy atom. The highest BCUT2D eigenvalue weighted by molar-refractivity contribution is 7.22. The predicted octanol–water partition coefficient (Wildman–Crippen LogP) is 4.12. The first kappa shape index (κ1) is 18.4. The zero-order valence-corrected chi connectivity index (χ0v) is 16.4. The van der Waals surface area contributed by atoms with Crippen molar-refractivity contribution in [2.75, 3.05) is 31.7 Å². The summed E-state index contributed by atoms with van der Waals surface area (Å²) in [4.78, 5) is 17.2. The van der Waals surface area contributed by atoms with E-state index < -0.39 is 0 Å². The maximum atomic E-state index is 12.7. The quantitative estimate of drug-likeness (QED) is 0.671. The van der Waals surface area contributed by atoms with Gasteiger partial charge in [-0.1, -0.05) is 11.3 Å². The average molecular weight is 400 g/mol. The summed E-state index contributed by atoms with van der Waals surface area (Å²) in [7, 11) is 0. The largest absolute Gasteiger partial charge is 0.490 e. The maximum absolute atomic E-state index is 12.7. The van der Waals surface area contributed by atoms with Crippen LogP contribution in [0.25, 0.3) is 10.2 Å². The van der Waals surface area contributed by atoms with Crippen molar-refractivity contribution in [3.8, 4) is 23.0 Å². The van der Waals surface area contributed by atoms with E-state index in [1.54, 1.807) is 18.2 Å². The molecule has 28 heavy (non-hydrogen) atoms. The van der Waals surface area contributed by atoms with Crippen LogP contribution >= 0.6 is 11.3 Å². The monoisotopic (exact) mass is 400 g/mol. The van der Waals surface area contributed by atoms with Gasteiger partial charge in [-0.2, -0.15) is 0 Å². The number of fused-ring (bicyclic) bond motifs is 2. The van der Waals surface area contributed by atoms with E-state index >= 15 is 0 Å². The van der Waals surface area contributed by atoms with Gasteiger partial charge in [0.05, 0.1) is 23.4 Å². The lowest BCUT2D eigenvalue weighted by Gasteiger charge is -2.17. The van der Waals surface area contributed by atoms with Crippen LogP contribution in [0, 0.1) is 0 Å². The average Bonchev–Trinajstić information content (AvgIpc) is 3.08. The Morgan fingerprint density at radius 2 is 1.79 bits per heavy atom. The molecule has 2 aromatic carbocycles. The molecule has 0 saturated carbocycles. The van der Waals surface area contributed by atoms with Crippen molar-refractivity contribution < 1.29 is 23.7 Å². The van der Waals surface area contributed by atoms with Gasteiger partial charge in [0, 0.05) is 17.7 Å². The Bertz CT molecular complexity index is 974. The summed E-state index contributed by atoms with van der Waals surface area (Å²) >= 11 is 1.38. The van der Waals surface area contributed by atoms with Crippen molar-refractivity contribution in [2.24, 2.45) is 0 Å². The van der Waals surface area contributed by atoms with Crippen LogP contribution in [0.1, 0.15) is 24.2 Å². The molecule has 0 bridgehead atoms. The highest BCUT2D eigenvalue weighted by atomic mass is 32.1. The smallest absolute Gasteiger partial charge is 0.257 e. The number of rotatable bonds is 6. The number of thiazole rings is 1. The summed E-state index contributed by atoms with van der Waals surface area (Å²) in [6.45, 7) is 5.84. The molecule has 0 unspecified atom stereocenters. The first-order chi connectivity index (χ1) is 13.7. The van der Waals surface area contributed by atoms with Gasteiger partial charge in [-0.25, -0.2) is 4.98 Å². The third kappa shape index (κ3) is 3.68. The lowest BCUT2D eigenvalue weighted by atomic mass is 10.2. The summed E-state index contributed by atoms with van der Waals surface area (Å²) in [5, 5.41) is 3.36. The highest BCUT2D eigenvalue weighted by Gasteiger charge is 2.17. The summed E-state index contributed by atoms with van der Waals surface area (Å²) in [5.41, 5.74) is 1.23. The Labute approximate surface area is 166 Å². The number of benzene rings is 2. The van der Waals surface area contributed by atoms with Crippen LogP contribution in [0.15, 0.2) is 30.3 Å². The topological polar surface area (TPSA) is 78.9 Å². The molecule has 0 saturated heterocycles. The van der Waals surface area contributed by atoms with Crippen molar-refractivity contribution in [1.82, 2.24) is 4.98 Å². The van der Waals surface area contributed by atoms with E-state index in [1.165, 1.54) is 11.3 Å². The third-order valence-electron chi connectivity index (χ3n) is 4.08. The normalized spacial score (nSPS) is 12.6. The van der Waals surface area contributed by atoms with Crippen molar-refractivity contribution in [3.63, 3.8) is 0 Å². The first-order valence-corrected chi connectivity index (χ1v) is 9.90. The zero-order valence-electron chi connectivity index (χ0n) is 15.6. The van der Waals surface area contributed by atoms with Gasteiger partial charge in [-0.05, 0) is 32.0 Å². The van der Waals surface area contributed by atoms with Gasteiger partial charge in [0.1, 0.15) is 13.2 Å². The summed E-state index contributed by atoms with van der Waals surface area (Å²) in [5.74, 6) is 2.28. The van der Waals surface area contributed by atoms with E-state index in [1.807, 2.05) is 26.0 Å². The van der Waals surface area contributed by atoms with Crippen molar-refractivity contribution in [2.45, 2.75) is 13.8 Å². The zero-order chi connectivity index (χ0) is 19.5. The van der Waals surface area contributed by atoms with Crippen LogP contribution in [-0.4, -0.2) is 37.3 Å². The Morgan fingerprint density at radius 1 is 1.07 bits per heavy atom. The van der Waals surface area contributed by atoms with E-state index in [0.29, 0.717) is 60.1 Å². The molecule has 0 fully saturated rings. The van der Waals surface area contributed by atoms with Crippen molar-refractivity contribution in [1.29, 1.82) is 0 Å².